The normalized spacial score (nSPS) is 17.1. The minimum absolute atomic E-state index is 0.0174. The molecule has 212 valence electrons. The molecule has 1 aliphatic heterocycles. The van der Waals surface area contributed by atoms with Crippen LogP contribution in [0.3, 0.4) is 0 Å². The second kappa shape index (κ2) is 10.5. The number of amides is 1. The van der Waals surface area contributed by atoms with Crippen LogP contribution in [0.1, 0.15) is 42.2 Å². The summed E-state index contributed by atoms with van der Waals surface area (Å²) >= 11 is 0. The van der Waals surface area contributed by atoms with Gasteiger partial charge in [-0.2, -0.15) is 0 Å². The van der Waals surface area contributed by atoms with Crippen LogP contribution in [-0.4, -0.2) is 54.4 Å². The number of likely N-dealkylation sites (tertiary alicyclic amines) is 1. The van der Waals surface area contributed by atoms with Gasteiger partial charge < -0.3 is 20.4 Å². The number of carbonyl (C=O) groups is 1. The van der Waals surface area contributed by atoms with E-state index in [0.717, 1.165) is 61.3 Å². The molecule has 5 aromatic rings. The summed E-state index contributed by atoms with van der Waals surface area (Å²) in [5, 5.41) is 3.87. The Bertz CT molecular complexity index is 1810. The molecule has 42 heavy (non-hydrogen) atoms. The summed E-state index contributed by atoms with van der Waals surface area (Å²) in [4.78, 5) is 32.5. The van der Waals surface area contributed by atoms with Crippen molar-refractivity contribution in [2.75, 3.05) is 18.8 Å². The number of pyridine rings is 2. The van der Waals surface area contributed by atoms with Crippen LogP contribution in [0.25, 0.3) is 39.8 Å². The number of fused-ring (bicyclic) bond motifs is 2. The van der Waals surface area contributed by atoms with Gasteiger partial charge in [0, 0.05) is 37.1 Å². The van der Waals surface area contributed by atoms with Crippen molar-refractivity contribution in [3.63, 3.8) is 0 Å². The van der Waals surface area contributed by atoms with Gasteiger partial charge in [0.15, 0.2) is 11.5 Å². The maximum atomic E-state index is 12.0. The van der Waals surface area contributed by atoms with Gasteiger partial charge in [-0.15, -0.1) is 0 Å². The number of oxazole rings is 1. The minimum atomic E-state index is 0.0174. The third kappa shape index (κ3) is 4.63. The average Bonchev–Trinajstić information content (AvgIpc) is 3.73. The first kappa shape index (κ1) is 26.1. The number of nitrogens with zero attached hydrogens (tertiary/aromatic N) is 6. The van der Waals surface area contributed by atoms with Gasteiger partial charge in [-0.3, -0.25) is 9.36 Å². The summed E-state index contributed by atoms with van der Waals surface area (Å²) in [6, 6.07) is 14.9. The van der Waals surface area contributed by atoms with Crippen LogP contribution >= 0.6 is 0 Å². The highest BCUT2D eigenvalue weighted by Crippen LogP contribution is 2.37. The Hall–Kier alpha value is -4.83. The highest BCUT2D eigenvalue weighted by atomic mass is 16.4. The molecule has 2 aliphatic rings. The van der Waals surface area contributed by atoms with Crippen LogP contribution in [0.4, 0.5) is 5.82 Å². The summed E-state index contributed by atoms with van der Waals surface area (Å²) in [5.41, 5.74) is 12.7. The molecule has 1 aliphatic carbocycles. The molecule has 1 unspecified atom stereocenters. The fourth-order valence-corrected chi connectivity index (χ4v) is 6.18. The van der Waals surface area contributed by atoms with E-state index in [-0.39, 0.29) is 11.9 Å². The quantitative estimate of drug-likeness (QED) is 0.284. The van der Waals surface area contributed by atoms with E-state index in [2.05, 4.69) is 44.6 Å². The molecule has 0 spiro atoms. The number of imidazole rings is 1. The Balaban J connectivity index is 1.24. The third-order valence-electron chi connectivity index (χ3n) is 8.30. The fourth-order valence-electron chi connectivity index (χ4n) is 6.18. The molecule has 3 N–H and O–H groups in total. The number of benzene rings is 1. The fraction of sp³-hybridized carbons (Fsp3) is 0.281. The lowest BCUT2D eigenvalue weighted by Gasteiger charge is -2.33. The number of aromatic nitrogens is 5. The van der Waals surface area contributed by atoms with Gasteiger partial charge in [-0.1, -0.05) is 12.6 Å². The monoisotopic (exact) mass is 560 g/mol. The zero-order chi connectivity index (χ0) is 28.8. The highest BCUT2D eigenvalue weighted by molar-refractivity contribution is 5.87. The molecule has 5 heterocycles. The lowest BCUT2D eigenvalue weighted by Crippen LogP contribution is -2.45. The molecule has 1 fully saturated rings. The van der Waals surface area contributed by atoms with E-state index in [1.165, 1.54) is 17.2 Å². The first-order chi connectivity index (χ1) is 20.5. The number of nitrogens with two attached hydrogens (primary N) is 1. The van der Waals surface area contributed by atoms with E-state index in [1.807, 2.05) is 36.1 Å². The smallest absolute Gasteiger partial charge is 0.245 e. The van der Waals surface area contributed by atoms with Crippen LogP contribution < -0.4 is 11.1 Å². The van der Waals surface area contributed by atoms with Gasteiger partial charge in [-0.25, -0.2) is 19.9 Å². The van der Waals surface area contributed by atoms with E-state index in [1.54, 1.807) is 12.4 Å². The molecule has 1 saturated heterocycles. The second-order valence-corrected chi connectivity index (χ2v) is 11.0. The van der Waals surface area contributed by atoms with Gasteiger partial charge in [-0.05, 0) is 86.2 Å². The van der Waals surface area contributed by atoms with E-state index < -0.39 is 0 Å². The van der Waals surface area contributed by atoms with Crippen molar-refractivity contribution in [2.45, 2.75) is 44.7 Å². The summed E-state index contributed by atoms with van der Waals surface area (Å²) in [6.07, 6.45) is 8.66. The molecule has 4 aromatic heterocycles. The van der Waals surface area contributed by atoms with Crippen molar-refractivity contribution in [1.29, 1.82) is 0 Å². The standard InChI is InChI=1S/C32H32N8O2/c1-3-28(41)39-15-12-21(13-16-39)36-25-9-6-20-17-22(7-8-23(20)25)40-30(24-5-4-14-34-29(24)33)37-26-10-11-27(38-31(26)40)32-35-18-19(2)42-32/h3-5,7-8,10-11,14,17-18,21,25,36H,1,6,9,12-13,15-16H2,2H3,(H2,33,34). The number of hydrogen-bond acceptors (Lipinski definition) is 8. The number of nitrogen functional groups attached to an aromatic ring is 1. The lowest BCUT2D eigenvalue weighted by molar-refractivity contribution is -0.127. The first-order valence-electron chi connectivity index (χ1n) is 14.3. The van der Waals surface area contributed by atoms with Crippen molar-refractivity contribution >= 4 is 22.9 Å². The maximum absolute atomic E-state index is 12.0. The van der Waals surface area contributed by atoms with Crippen molar-refractivity contribution in [2.24, 2.45) is 0 Å². The Kier molecular flexibility index (Phi) is 6.54. The van der Waals surface area contributed by atoms with Gasteiger partial charge in [0.05, 0.1) is 11.8 Å². The third-order valence-corrected chi connectivity index (χ3v) is 8.30. The van der Waals surface area contributed by atoms with Crippen molar-refractivity contribution < 1.29 is 9.21 Å². The topological polar surface area (TPSA) is 128 Å². The summed E-state index contributed by atoms with van der Waals surface area (Å²) in [6.45, 7) is 7.00. The number of rotatable bonds is 6. The predicted molar refractivity (Wildman–Crippen MR) is 161 cm³/mol. The largest absolute Gasteiger partial charge is 0.440 e. The molecule has 10 heteroatoms. The van der Waals surface area contributed by atoms with Crippen LogP contribution in [-0.2, 0) is 11.2 Å². The Morgan fingerprint density at radius 1 is 1.12 bits per heavy atom. The van der Waals surface area contributed by atoms with E-state index >= 15 is 0 Å². The second-order valence-electron chi connectivity index (χ2n) is 11.0. The number of carbonyl (C=O) groups excluding carboxylic acids is 1. The number of nitrogens with one attached hydrogen (secondary N) is 1. The molecule has 7 rings (SSSR count). The van der Waals surface area contributed by atoms with Crippen LogP contribution in [0.5, 0.6) is 0 Å². The summed E-state index contributed by atoms with van der Waals surface area (Å²) in [5.74, 6) is 2.29. The molecule has 0 radical (unpaired) electrons. The number of aryl methyl sites for hydroxylation is 2. The molecular formula is C32H32N8O2. The number of piperidine rings is 1. The van der Waals surface area contributed by atoms with E-state index in [9.17, 15) is 4.79 Å². The average molecular weight is 561 g/mol. The lowest BCUT2D eigenvalue weighted by atomic mass is 10.0. The Morgan fingerprint density at radius 2 is 1.98 bits per heavy atom. The van der Waals surface area contributed by atoms with E-state index in [4.69, 9.17) is 20.1 Å². The Morgan fingerprint density at radius 3 is 2.74 bits per heavy atom. The summed E-state index contributed by atoms with van der Waals surface area (Å²) in [7, 11) is 0. The van der Waals surface area contributed by atoms with E-state index in [0.29, 0.717) is 34.9 Å². The SMILES string of the molecule is C=CC(=O)N1CCC(NC2CCc3cc(-n4c(-c5cccnc5N)nc5ccc(-c6ncc(C)o6)nc54)ccc32)CC1. The van der Waals surface area contributed by atoms with Crippen LogP contribution in [0.2, 0.25) is 0 Å². The molecule has 1 atom stereocenters. The number of anilines is 1. The molecular weight excluding hydrogens is 528 g/mol. The molecule has 0 saturated carbocycles. The summed E-state index contributed by atoms with van der Waals surface area (Å²) < 4.78 is 7.82. The van der Waals surface area contributed by atoms with Crippen LogP contribution in [0.15, 0.2) is 71.9 Å². The molecule has 1 amide bonds. The first-order valence-corrected chi connectivity index (χ1v) is 14.3. The molecule has 1 aromatic carbocycles. The highest BCUT2D eigenvalue weighted by Gasteiger charge is 2.29. The van der Waals surface area contributed by atoms with Gasteiger partial charge >= 0.3 is 0 Å². The predicted octanol–water partition coefficient (Wildman–Crippen LogP) is 4.78. The van der Waals surface area contributed by atoms with Crippen molar-refractivity contribution in [1.82, 2.24) is 34.7 Å². The van der Waals surface area contributed by atoms with Gasteiger partial charge in [0.25, 0.3) is 0 Å². The zero-order valence-electron chi connectivity index (χ0n) is 23.5. The number of hydrogen-bond donors (Lipinski definition) is 2. The van der Waals surface area contributed by atoms with Crippen molar-refractivity contribution in [3.8, 4) is 28.7 Å². The molecule has 0 bridgehead atoms. The van der Waals surface area contributed by atoms with Crippen LogP contribution in [0, 0.1) is 6.92 Å². The minimum Gasteiger partial charge on any atom is -0.440 e. The maximum Gasteiger partial charge on any atom is 0.245 e. The van der Waals surface area contributed by atoms with Crippen molar-refractivity contribution in [3.05, 3.63) is 84.4 Å². The zero-order valence-corrected chi connectivity index (χ0v) is 23.5. The molecule has 10 nitrogen and oxygen atoms in total. The van der Waals surface area contributed by atoms with Gasteiger partial charge in [0.1, 0.15) is 22.8 Å². The van der Waals surface area contributed by atoms with Gasteiger partial charge in [0.2, 0.25) is 11.8 Å². The Labute approximate surface area is 243 Å².